The van der Waals surface area contributed by atoms with Crippen LogP contribution in [0.3, 0.4) is 0 Å². The lowest BCUT2D eigenvalue weighted by atomic mass is 10.2. The Morgan fingerprint density at radius 3 is 2.79 bits per heavy atom. The predicted octanol–water partition coefficient (Wildman–Crippen LogP) is 2.89. The van der Waals surface area contributed by atoms with Crippen LogP contribution < -0.4 is 4.74 Å². The average molecular weight is 330 g/mol. The van der Waals surface area contributed by atoms with Crippen molar-refractivity contribution < 1.29 is 19.3 Å². The van der Waals surface area contributed by atoms with Gasteiger partial charge in [0.25, 0.3) is 0 Å². The molecular formula is C18H22N2O4. The van der Waals surface area contributed by atoms with E-state index in [-0.39, 0.29) is 5.76 Å². The van der Waals surface area contributed by atoms with Gasteiger partial charge in [0.15, 0.2) is 5.76 Å². The molecule has 0 aliphatic heterocycles. The Hall–Kier alpha value is -2.31. The van der Waals surface area contributed by atoms with E-state index >= 15 is 0 Å². The molecule has 0 bridgehead atoms. The first kappa shape index (κ1) is 16.5. The van der Waals surface area contributed by atoms with E-state index in [1.165, 1.54) is 33.3 Å². The summed E-state index contributed by atoms with van der Waals surface area (Å²) in [6, 6.07) is 7.87. The van der Waals surface area contributed by atoms with Crippen LogP contribution in [0.15, 0.2) is 42.5 Å². The molecule has 2 aromatic rings. The van der Waals surface area contributed by atoms with Crippen molar-refractivity contribution >= 4 is 0 Å². The van der Waals surface area contributed by atoms with E-state index in [0.29, 0.717) is 11.7 Å². The molecule has 1 atom stereocenters. The highest BCUT2D eigenvalue weighted by molar-refractivity contribution is 5.44. The van der Waals surface area contributed by atoms with Gasteiger partial charge in [-0.2, -0.15) is 5.10 Å². The van der Waals surface area contributed by atoms with Crippen LogP contribution in [0.1, 0.15) is 30.0 Å². The van der Waals surface area contributed by atoms with Crippen molar-refractivity contribution in [3.8, 4) is 11.4 Å². The van der Waals surface area contributed by atoms with Crippen molar-refractivity contribution in [2.45, 2.75) is 32.0 Å². The van der Waals surface area contributed by atoms with Gasteiger partial charge in [-0.1, -0.05) is 6.07 Å². The number of aliphatic hydroxyl groups is 1. The van der Waals surface area contributed by atoms with Gasteiger partial charge in [0.2, 0.25) is 6.29 Å². The zero-order valence-corrected chi connectivity index (χ0v) is 14.1. The summed E-state index contributed by atoms with van der Waals surface area (Å²) in [5, 5.41) is 14.5. The minimum absolute atomic E-state index is 0.180. The number of hydrogen-bond donors (Lipinski definition) is 1. The number of rotatable bonds is 7. The van der Waals surface area contributed by atoms with Gasteiger partial charge in [-0.05, 0) is 37.5 Å². The lowest BCUT2D eigenvalue weighted by Crippen LogP contribution is -2.18. The number of methoxy groups -OCH3 is 2. The molecule has 1 saturated carbocycles. The topological polar surface area (TPSA) is 65.7 Å². The number of benzene rings is 1. The van der Waals surface area contributed by atoms with Crippen LogP contribution in [-0.2, 0) is 9.47 Å². The molecule has 1 heterocycles. The number of hydrogen-bond acceptors (Lipinski definition) is 5. The summed E-state index contributed by atoms with van der Waals surface area (Å²) in [5.74, 6) is 1.40. The summed E-state index contributed by atoms with van der Waals surface area (Å²) >= 11 is 0. The molecule has 0 radical (unpaired) electrons. The third-order valence-electron chi connectivity index (χ3n) is 3.97. The number of nitrogens with zero attached hydrogens (tertiary/aromatic N) is 2. The second-order valence-corrected chi connectivity index (χ2v) is 5.86. The van der Waals surface area contributed by atoms with Crippen LogP contribution in [0.25, 0.3) is 5.69 Å². The Kier molecular flexibility index (Phi) is 4.87. The van der Waals surface area contributed by atoms with Crippen molar-refractivity contribution in [3.05, 3.63) is 53.7 Å². The lowest BCUT2D eigenvalue weighted by Gasteiger charge is -2.16. The van der Waals surface area contributed by atoms with Crippen LogP contribution in [0, 0.1) is 6.92 Å². The number of aromatic nitrogens is 2. The van der Waals surface area contributed by atoms with Crippen LogP contribution >= 0.6 is 0 Å². The summed E-state index contributed by atoms with van der Waals surface area (Å²) in [7, 11) is 2.88. The highest BCUT2D eigenvalue weighted by Crippen LogP contribution is 2.39. The van der Waals surface area contributed by atoms with Gasteiger partial charge >= 0.3 is 0 Å². The molecule has 1 fully saturated rings. The van der Waals surface area contributed by atoms with Gasteiger partial charge in [0.05, 0.1) is 18.5 Å². The van der Waals surface area contributed by atoms with E-state index < -0.39 is 6.29 Å². The first-order chi connectivity index (χ1) is 11.6. The van der Waals surface area contributed by atoms with Gasteiger partial charge in [0.1, 0.15) is 12.0 Å². The fraction of sp³-hybridized carbons (Fsp3) is 0.389. The first-order valence-corrected chi connectivity index (χ1v) is 7.90. The van der Waals surface area contributed by atoms with Gasteiger partial charge in [-0.3, -0.25) is 0 Å². The first-order valence-electron chi connectivity index (χ1n) is 7.90. The molecule has 1 aliphatic carbocycles. The second-order valence-electron chi connectivity index (χ2n) is 5.86. The molecule has 1 aliphatic rings. The fourth-order valence-electron chi connectivity index (χ4n) is 2.41. The van der Waals surface area contributed by atoms with Gasteiger partial charge in [0, 0.05) is 25.3 Å². The molecule has 1 aromatic heterocycles. The fourth-order valence-corrected chi connectivity index (χ4v) is 2.41. The third-order valence-corrected chi connectivity index (χ3v) is 3.97. The van der Waals surface area contributed by atoms with Gasteiger partial charge in [-0.25, -0.2) is 4.68 Å². The minimum Gasteiger partial charge on any atom is -0.501 e. The molecule has 1 aromatic carbocycles. The van der Waals surface area contributed by atoms with Crippen molar-refractivity contribution in [2.75, 3.05) is 14.2 Å². The average Bonchev–Trinajstić information content (AvgIpc) is 3.33. The maximum atomic E-state index is 9.85. The molecular weight excluding hydrogens is 308 g/mol. The van der Waals surface area contributed by atoms with Crippen molar-refractivity contribution in [2.24, 2.45) is 0 Å². The highest BCUT2D eigenvalue weighted by Gasteiger charge is 2.26. The number of ether oxygens (including phenoxy) is 3. The molecule has 1 N–H and O–H groups in total. The van der Waals surface area contributed by atoms with E-state index in [2.05, 4.69) is 11.2 Å². The van der Waals surface area contributed by atoms with Crippen molar-refractivity contribution in [3.63, 3.8) is 0 Å². The standard InChI is InChI=1S/C18H22N2O4/c1-12-4-7-14(20-9-8-15(19-20)13-5-6-13)10-16(12)24-17(11-22-2)18(21)23-3/h4,7-11,13,18,21H,5-6H2,1-3H3/b17-11-. The van der Waals surface area contributed by atoms with Gasteiger partial charge < -0.3 is 19.3 Å². The Balaban J connectivity index is 1.86. The SMILES string of the molecule is CO/C=C(\Oc1cc(-n2ccc(C3CC3)n2)ccc1C)C(O)OC. The van der Waals surface area contributed by atoms with Crippen molar-refractivity contribution in [1.82, 2.24) is 9.78 Å². The predicted molar refractivity (Wildman–Crippen MR) is 89.0 cm³/mol. The second kappa shape index (κ2) is 7.07. The third kappa shape index (κ3) is 3.60. The summed E-state index contributed by atoms with van der Waals surface area (Å²) < 4.78 is 17.5. The molecule has 6 nitrogen and oxygen atoms in total. The molecule has 1 unspecified atom stereocenters. The Bertz CT molecular complexity index is 734. The van der Waals surface area contributed by atoms with Gasteiger partial charge in [-0.15, -0.1) is 0 Å². The van der Waals surface area contributed by atoms with Crippen LogP contribution in [-0.4, -0.2) is 35.4 Å². The summed E-state index contributed by atoms with van der Waals surface area (Å²) in [5.41, 5.74) is 2.96. The zero-order valence-electron chi connectivity index (χ0n) is 14.1. The molecule has 24 heavy (non-hydrogen) atoms. The Labute approximate surface area is 141 Å². The van der Waals surface area contributed by atoms with E-state index in [1.807, 2.05) is 36.0 Å². The normalized spacial score (nSPS) is 16.1. The summed E-state index contributed by atoms with van der Waals surface area (Å²) in [4.78, 5) is 0. The number of aliphatic hydroxyl groups excluding tert-OH is 1. The molecule has 128 valence electrons. The van der Waals surface area contributed by atoms with E-state index in [9.17, 15) is 5.11 Å². The molecule has 0 spiro atoms. The van der Waals surface area contributed by atoms with E-state index in [4.69, 9.17) is 14.2 Å². The smallest absolute Gasteiger partial charge is 0.217 e. The summed E-state index contributed by atoms with van der Waals surface area (Å²) in [6.45, 7) is 1.93. The lowest BCUT2D eigenvalue weighted by molar-refractivity contribution is -0.0681. The highest BCUT2D eigenvalue weighted by atomic mass is 16.6. The van der Waals surface area contributed by atoms with Crippen LogP contribution in [0.2, 0.25) is 0 Å². The molecule has 0 saturated heterocycles. The zero-order chi connectivity index (χ0) is 17.1. The number of aryl methyl sites for hydroxylation is 1. The Morgan fingerprint density at radius 1 is 1.33 bits per heavy atom. The quantitative estimate of drug-likeness (QED) is 0.625. The van der Waals surface area contributed by atoms with E-state index in [0.717, 1.165) is 16.9 Å². The molecule has 3 rings (SSSR count). The molecule has 0 amide bonds. The van der Waals surface area contributed by atoms with Crippen LogP contribution in [0.5, 0.6) is 5.75 Å². The maximum Gasteiger partial charge on any atom is 0.217 e. The monoisotopic (exact) mass is 330 g/mol. The van der Waals surface area contributed by atoms with E-state index in [1.54, 1.807) is 0 Å². The Morgan fingerprint density at radius 2 is 2.12 bits per heavy atom. The summed E-state index contributed by atoms with van der Waals surface area (Å²) in [6.07, 6.45) is 4.52. The van der Waals surface area contributed by atoms with Crippen LogP contribution in [0.4, 0.5) is 0 Å². The molecule has 6 heteroatoms. The largest absolute Gasteiger partial charge is 0.501 e. The van der Waals surface area contributed by atoms with Crippen molar-refractivity contribution in [1.29, 1.82) is 0 Å². The maximum absolute atomic E-state index is 9.85. The minimum atomic E-state index is -1.20.